The van der Waals surface area contributed by atoms with Crippen molar-refractivity contribution in [2.45, 2.75) is 63.5 Å². The summed E-state index contributed by atoms with van der Waals surface area (Å²) in [7, 11) is 1.85. The molecule has 1 unspecified atom stereocenters. The lowest BCUT2D eigenvalue weighted by molar-refractivity contribution is 0.0475. The molecule has 1 aromatic carbocycles. The summed E-state index contributed by atoms with van der Waals surface area (Å²) in [5.41, 5.74) is 1.20. The molecular weight excluding hydrogens is 356 g/mol. The third-order valence-corrected chi connectivity index (χ3v) is 6.32. The van der Waals surface area contributed by atoms with Crippen LogP contribution in [0.15, 0.2) is 18.2 Å². The highest BCUT2D eigenvalue weighted by Crippen LogP contribution is 2.27. The quantitative estimate of drug-likeness (QED) is 0.590. The lowest BCUT2D eigenvalue weighted by atomic mass is 10.0. The van der Waals surface area contributed by atoms with Crippen LogP contribution < -0.4 is 0 Å². The Morgan fingerprint density at radius 1 is 1.04 bits per heavy atom. The molecule has 1 atom stereocenters. The first kappa shape index (κ1) is 19.1. The van der Waals surface area contributed by atoms with Gasteiger partial charge < -0.3 is 9.64 Å². The molecule has 1 saturated carbocycles. The minimum absolute atomic E-state index is 0.0764. The van der Waals surface area contributed by atoms with Crippen LogP contribution in [0.1, 0.15) is 82.4 Å². The van der Waals surface area contributed by atoms with E-state index < -0.39 is 0 Å². The molecule has 0 N–H and O–H groups in total. The fraction of sp³-hybridized carbons (Fsp3) is 0.591. The summed E-state index contributed by atoms with van der Waals surface area (Å²) in [5, 5.41) is 0. The Morgan fingerprint density at radius 2 is 1.75 bits per heavy atom. The van der Waals surface area contributed by atoms with Crippen LogP contribution in [-0.2, 0) is 4.74 Å². The molecule has 1 aromatic rings. The van der Waals surface area contributed by atoms with E-state index in [1.54, 1.807) is 18.2 Å². The molecular formula is C22H28N2O4. The van der Waals surface area contributed by atoms with Crippen molar-refractivity contribution in [2.75, 3.05) is 20.2 Å². The minimum atomic E-state index is -0.317. The molecule has 3 aliphatic rings. The Kier molecular flexibility index (Phi) is 5.49. The molecule has 2 fully saturated rings. The zero-order valence-corrected chi connectivity index (χ0v) is 16.5. The SMILES string of the molecule is CN(C(=O)c1ccc2c(c1)C(=O)N(CC1CCCO1)C2=O)C1CCCCCC1. The van der Waals surface area contributed by atoms with Crippen LogP contribution in [0, 0.1) is 0 Å². The predicted octanol–water partition coefficient (Wildman–Crippen LogP) is 3.26. The lowest BCUT2D eigenvalue weighted by Gasteiger charge is -2.27. The van der Waals surface area contributed by atoms with Crippen molar-refractivity contribution in [1.82, 2.24) is 9.80 Å². The zero-order valence-electron chi connectivity index (χ0n) is 16.5. The van der Waals surface area contributed by atoms with E-state index in [0.717, 1.165) is 38.5 Å². The zero-order chi connectivity index (χ0) is 19.7. The van der Waals surface area contributed by atoms with Gasteiger partial charge in [0.05, 0.1) is 23.8 Å². The summed E-state index contributed by atoms with van der Waals surface area (Å²) in [6, 6.07) is 5.14. The van der Waals surface area contributed by atoms with Gasteiger partial charge in [0.15, 0.2) is 0 Å². The standard InChI is InChI=1S/C22H28N2O4/c1-23(16-7-4-2-3-5-8-16)20(25)15-10-11-18-19(13-15)22(27)24(21(18)26)14-17-9-6-12-28-17/h10-11,13,16-17H,2-9,12,14H2,1H3. The third-order valence-electron chi connectivity index (χ3n) is 6.32. The topological polar surface area (TPSA) is 66.9 Å². The summed E-state index contributed by atoms with van der Waals surface area (Å²) in [5.74, 6) is -0.679. The van der Waals surface area contributed by atoms with Crippen LogP contribution in [0.3, 0.4) is 0 Å². The van der Waals surface area contributed by atoms with Gasteiger partial charge in [0.1, 0.15) is 0 Å². The van der Waals surface area contributed by atoms with Gasteiger partial charge in [0.2, 0.25) is 0 Å². The second-order valence-electron chi connectivity index (χ2n) is 8.18. The maximum atomic E-state index is 13.0. The van der Waals surface area contributed by atoms with Crippen LogP contribution >= 0.6 is 0 Å². The van der Waals surface area contributed by atoms with Gasteiger partial charge in [0.25, 0.3) is 17.7 Å². The van der Waals surface area contributed by atoms with E-state index in [1.807, 2.05) is 11.9 Å². The molecule has 150 valence electrons. The van der Waals surface area contributed by atoms with Gasteiger partial charge in [0, 0.05) is 25.3 Å². The maximum Gasteiger partial charge on any atom is 0.261 e. The number of nitrogens with zero attached hydrogens (tertiary/aromatic N) is 2. The van der Waals surface area contributed by atoms with Crippen molar-refractivity contribution in [2.24, 2.45) is 0 Å². The number of ether oxygens (including phenoxy) is 1. The van der Waals surface area contributed by atoms with Crippen LogP contribution in [-0.4, -0.2) is 59.9 Å². The van der Waals surface area contributed by atoms with Gasteiger partial charge in [-0.1, -0.05) is 25.7 Å². The Morgan fingerprint density at radius 3 is 2.43 bits per heavy atom. The van der Waals surface area contributed by atoms with E-state index in [1.165, 1.54) is 17.7 Å². The van der Waals surface area contributed by atoms with Crippen molar-refractivity contribution >= 4 is 17.7 Å². The summed E-state index contributed by atoms with van der Waals surface area (Å²) in [6.07, 6.45) is 8.56. The number of hydrogen-bond acceptors (Lipinski definition) is 4. The molecule has 0 spiro atoms. The van der Waals surface area contributed by atoms with Gasteiger partial charge in [-0.25, -0.2) is 0 Å². The van der Waals surface area contributed by atoms with E-state index in [-0.39, 0.29) is 36.4 Å². The second-order valence-corrected chi connectivity index (χ2v) is 8.18. The van der Waals surface area contributed by atoms with Crippen LogP contribution in [0.2, 0.25) is 0 Å². The number of amides is 3. The molecule has 4 rings (SSSR count). The first-order valence-corrected chi connectivity index (χ1v) is 10.5. The molecule has 0 aromatic heterocycles. The summed E-state index contributed by atoms with van der Waals surface area (Å²) < 4.78 is 5.57. The average Bonchev–Trinajstić information content (AvgIpc) is 3.19. The highest BCUT2D eigenvalue weighted by Gasteiger charge is 2.38. The average molecular weight is 384 g/mol. The lowest BCUT2D eigenvalue weighted by Crippen LogP contribution is -2.37. The molecule has 0 radical (unpaired) electrons. The van der Waals surface area contributed by atoms with Crippen molar-refractivity contribution in [3.8, 4) is 0 Å². The Balaban J connectivity index is 1.51. The molecule has 6 heteroatoms. The van der Waals surface area contributed by atoms with Gasteiger partial charge >= 0.3 is 0 Å². The largest absolute Gasteiger partial charge is 0.376 e. The van der Waals surface area contributed by atoms with Gasteiger partial charge in [-0.3, -0.25) is 19.3 Å². The fourth-order valence-electron chi connectivity index (χ4n) is 4.60. The van der Waals surface area contributed by atoms with Crippen LogP contribution in [0.4, 0.5) is 0 Å². The fourth-order valence-corrected chi connectivity index (χ4v) is 4.60. The molecule has 2 heterocycles. The molecule has 28 heavy (non-hydrogen) atoms. The van der Waals surface area contributed by atoms with Gasteiger partial charge in [-0.15, -0.1) is 0 Å². The van der Waals surface area contributed by atoms with Crippen LogP contribution in [0.25, 0.3) is 0 Å². The maximum absolute atomic E-state index is 13.0. The van der Waals surface area contributed by atoms with Crippen molar-refractivity contribution < 1.29 is 19.1 Å². The van der Waals surface area contributed by atoms with E-state index in [9.17, 15) is 14.4 Å². The van der Waals surface area contributed by atoms with Crippen LogP contribution in [0.5, 0.6) is 0 Å². The number of imide groups is 1. The number of carbonyl (C=O) groups excluding carboxylic acids is 3. The molecule has 2 aliphatic heterocycles. The van der Waals surface area contributed by atoms with Gasteiger partial charge in [-0.2, -0.15) is 0 Å². The van der Waals surface area contributed by atoms with Crippen molar-refractivity contribution in [3.63, 3.8) is 0 Å². The molecule has 1 aliphatic carbocycles. The number of hydrogen-bond donors (Lipinski definition) is 0. The number of carbonyl (C=O) groups is 3. The normalized spacial score (nSPS) is 23.0. The van der Waals surface area contributed by atoms with Crippen molar-refractivity contribution in [1.29, 1.82) is 0 Å². The predicted molar refractivity (Wildman–Crippen MR) is 104 cm³/mol. The Labute approximate surface area is 165 Å². The molecule has 1 saturated heterocycles. The Bertz CT molecular complexity index is 777. The summed E-state index contributed by atoms with van der Waals surface area (Å²) in [6.45, 7) is 0.970. The monoisotopic (exact) mass is 384 g/mol. The minimum Gasteiger partial charge on any atom is -0.376 e. The number of benzene rings is 1. The first-order chi connectivity index (χ1) is 13.6. The molecule has 0 bridgehead atoms. The Hall–Kier alpha value is -2.21. The van der Waals surface area contributed by atoms with E-state index in [2.05, 4.69) is 0 Å². The summed E-state index contributed by atoms with van der Waals surface area (Å²) in [4.78, 5) is 41.5. The van der Waals surface area contributed by atoms with E-state index in [4.69, 9.17) is 4.74 Å². The van der Waals surface area contributed by atoms with Crippen molar-refractivity contribution in [3.05, 3.63) is 34.9 Å². The highest BCUT2D eigenvalue weighted by molar-refractivity contribution is 6.22. The number of rotatable bonds is 4. The molecule has 3 amide bonds. The third kappa shape index (κ3) is 3.58. The van der Waals surface area contributed by atoms with E-state index in [0.29, 0.717) is 23.3 Å². The highest BCUT2D eigenvalue weighted by atomic mass is 16.5. The number of fused-ring (bicyclic) bond motifs is 1. The van der Waals surface area contributed by atoms with Gasteiger partial charge in [-0.05, 0) is 43.9 Å². The first-order valence-electron chi connectivity index (χ1n) is 10.5. The second kappa shape index (κ2) is 8.03. The van der Waals surface area contributed by atoms with E-state index >= 15 is 0 Å². The molecule has 6 nitrogen and oxygen atoms in total. The smallest absolute Gasteiger partial charge is 0.261 e. The summed E-state index contributed by atoms with van der Waals surface area (Å²) >= 11 is 0.